The van der Waals surface area contributed by atoms with Crippen LogP contribution in [-0.2, 0) is 11.2 Å². The Kier molecular flexibility index (Phi) is 3.85. The molecular weight excluding hydrogens is 212 g/mol. The first kappa shape index (κ1) is 11.5. The molecule has 0 radical (unpaired) electrons. The average Bonchev–Trinajstić information content (AvgIpc) is 2.27. The molecule has 1 atom stereocenters. The molecule has 1 aromatic carbocycles. The second-order valence-electron chi connectivity index (χ2n) is 4.04. The van der Waals surface area contributed by atoms with Gasteiger partial charge in [-0.05, 0) is 30.5 Å². The van der Waals surface area contributed by atoms with Gasteiger partial charge < -0.3 is 10.1 Å². The molecule has 4 heteroatoms. The smallest absolute Gasteiger partial charge is 0.126 e. The summed E-state index contributed by atoms with van der Waals surface area (Å²) in [7, 11) is 0. The van der Waals surface area contributed by atoms with Gasteiger partial charge in [0.2, 0.25) is 0 Å². The first-order valence-electron chi connectivity index (χ1n) is 5.50. The lowest BCUT2D eigenvalue weighted by molar-refractivity contribution is 0.0743. The quantitative estimate of drug-likeness (QED) is 0.851. The molecule has 16 heavy (non-hydrogen) atoms. The highest BCUT2D eigenvalue weighted by Gasteiger charge is 2.12. The number of aryl methyl sites for hydroxylation is 1. The Hall–Kier alpha value is -1.00. The minimum absolute atomic E-state index is 0.292. The van der Waals surface area contributed by atoms with Crippen LogP contribution in [0.2, 0.25) is 0 Å². The molecule has 0 aliphatic carbocycles. The second kappa shape index (κ2) is 5.37. The van der Waals surface area contributed by atoms with Crippen LogP contribution in [0.4, 0.5) is 8.78 Å². The molecule has 88 valence electrons. The summed E-state index contributed by atoms with van der Waals surface area (Å²) in [6.07, 6.45) is 1.50. The molecule has 2 nitrogen and oxygen atoms in total. The number of ether oxygens (including phenoxy) is 1. The van der Waals surface area contributed by atoms with Crippen LogP contribution < -0.4 is 5.32 Å². The predicted molar refractivity (Wildman–Crippen MR) is 57.3 cm³/mol. The van der Waals surface area contributed by atoms with Crippen molar-refractivity contribution in [2.24, 2.45) is 0 Å². The fourth-order valence-corrected chi connectivity index (χ4v) is 1.90. The number of nitrogens with one attached hydrogen (secondary N) is 1. The minimum atomic E-state index is -0.511. The maximum absolute atomic E-state index is 12.9. The zero-order valence-electron chi connectivity index (χ0n) is 9.01. The molecule has 0 amide bonds. The lowest BCUT2D eigenvalue weighted by Gasteiger charge is -2.23. The SMILES string of the molecule is Fc1cc(F)cc(CCC2COCCN2)c1. The van der Waals surface area contributed by atoms with Crippen LogP contribution in [0.5, 0.6) is 0 Å². The summed E-state index contributed by atoms with van der Waals surface area (Å²) in [6.45, 7) is 2.27. The van der Waals surface area contributed by atoms with Gasteiger partial charge in [0, 0.05) is 18.7 Å². The van der Waals surface area contributed by atoms with Gasteiger partial charge in [-0.3, -0.25) is 0 Å². The van der Waals surface area contributed by atoms with Gasteiger partial charge in [0.05, 0.1) is 13.2 Å². The van der Waals surface area contributed by atoms with Crippen molar-refractivity contribution < 1.29 is 13.5 Å². The lowest BCUT2D eigenvalue weighted by Crippen LogP contribution is -2.41. The maximum atomic E-state index is 12.9. The summed E-state index contributed by atoms with van der Waals surface area (Å²) in [4.78, 5) is 0. The fraction of sp³-hybridized carbons (Fsp3) is 0.500. The molecule has 0 saturated carbocycles. The van der Waals surface area contributed by atoms with Gasteiger partial charge in [0.15, 0.2) is 0 Å². The summed E-state index contributed by atoms with van der Waals surface area (Å²) >= 11 is 0. The summed E-state index contributed by atoms with van der Waals surface area (Å²) in [5.74, 6) is -1.02. The standard InChI is InChI=1S/C12H15F2NO/c13-10-5-9(6-11(14)7-10)1-2-12-8-16-4-3-15-12/h5-7,12,15H,1-4,8H2. The van der Waals surface area contributed by atoms with Crippen LogP contribution in [0.25, 0.3) is 0 Å². The molecule has 1 aromatic rings. The number of rotatable bonds is 3. The van der Waals surface area contributed by atoms with E-state index in [9.17, 15) is 8.78 Å². The van der Waals surface area contributed by atoms with Gasteiger partial charge in [0.25, 0.3) is 0 Å². The van der Waals surface area contributed by atoms with Crippen LogP contribution >= 0.6 is 0 Å². The van der Waals surface area contributed by atoms with Crippen LogP contribution in [-0.4, -0.2) is 25.8 Å². The van der Waals surface area contributed by atoms with E-state index in [1.165, 1.54) is 12.1 Å². The molecular formula is C12H15F2NO. The highest BCUT2D eigenvalue weighted by Crippen LogP contribution is 2.11. The second-order valence-corrected chi connectivity index (χ2v) is 4.04. The molecule has 1 N–H and O–H groups in total. The Morgan fingerprint density at radius 2 is 2.00 bits per heavy atom. The van der Waals surface area contributed by atoms with E-state index in [-0.39, 0.29) is 0 Å². The largest absolute Gasteiger partial charge is 0.379 e. The van der Waals surface area contributed by atoms with Crippen molar-refractivity contribution >= 4 is 0 Å². The average molecular weight is 227 g/mol. The molecule has 1 heterocycles. The highest BCUT2D eigenvalue weighted by atomic mass is 19.1. The van der Waals surface area contributed by atoms with E-state index in [4.69, 9.17) is 4.74 Å². The van der Waals surface area contributed by atoms with Crippen molar-refractivity contribution in [2.75, 3.05) is 19.8 Å². The van der Waals surface area contributed by atoms with Crippen LogP contribution in [0.3, 0.4) is 0 Å². The monoisotopic (exact) mass is 227 g/mol. The van der Waals surface area contributed by atoms with Crippen LogP contribution in [0, 0.1) is 11.6 Å². The first-order chi connectivity index (χ1) is 7.74. The Balaban J connectivity index is 1.88. The third kappa shape index (κ3) is 3.25. The summed E-state index contributed by atoms with van der Waals surface area (Å²) in [6, 6.07) is 3.95. The molecule has 0 aromatic heterocycles. The van der Waals surface area contributed by atoms with Gasteiger partial charge in [-0.25, -0.2) is 8.78 Å². The van der Waals surface area contributed by atoms with E-state index >= 15 is 0 Å². The number of halogens is 2. The molecule has 0 spiro atoms. The normalized spacial score (nSPS) is 21.0. The third-order valence-electron chi connectivity index (χ3n) is 2.70. The first-order valence-corrected chi connectivity index (χ1v) is 5.50. The van der Waals surface area contributed by atoms with Crippen molar-refractivity contribution in [3.05, 3.63) is 35.4 Å². The Labute approximate surface area is 93.6 Å². The molecule has 1 fully saturated rings. The Morgan fingerprint density at radius 1 is 1.25 bits per heavy atom. The van der Waals surface area contributed by atoms with E-state index < -0.39 is 11.6 Å². The van der Waals surface area contributed by atoms with Gasteiger partial charge in [-0.15, -0.1) is 0 Å². The number of benzene rings is 1. The predicted octanol–water partition coefficient (Wildman–Crippen LogP) is 1.89. The molecule has 1 saturated heterocycles. The zero-order valence-corrected chi connectivity index (χ0v) is 9.01. The van der Waals surface area contributed by atoms with Crippen LogP contribution in [0.15, 0.2) is 18.2 Å². The van der Waals surface area contributed by atoms with E-state index in [0.29, 0.717) is 24.6 Å². The van der Waals surface area contributed by atoms with Crippen molar-refractivity contribution in [1.29, 1.82) is 0 Å². The maximum Gasteiger partial charge on any atom is 0.126 e. The van der Waals surface area contributed by atoms with E-state index in [1.54, 1.807) is 0 Å². The summed E-state index contributed by atoms with van der Waals surface area (Å²) in [5, 5.41) is 3.31. The molecule has 1 aliphatic rings. The molecule has 1 unspecified atom stereocenters. The topological polar surface area (TPSA) is 21.3 Å². The molecule has 1 aliphatic heterocycles. The molecule has 2 rings (SSSR count). The van der Waals surface area contributed by atoms with Gasteiger partial charge in [-0.2, -0.15) is 0 Å². The summed E-state index contributed by atoms with van der Waals surface area (Å²) in [5.41, 5.74) is 0.699. The van der Waals surface area contributed by atoms with Crippen molar-refractivity contribution in [3.63, 3.8) is 0 Å². The number of hydrogen-bond donors (Lipinski definition) is 1. The number of hydrogen-bond acceptors (Lipinski definition) is 2. The van der Waals surface area contributed by atoms with Crippen molar-refractivity contribution in [1.82, 2.24) is 5.32 Å². The van der Waals surface area contributed by atoms with Crippen molar-refractivity contribution in [3.8, 4) is 0 Å². The number of morpholine rings is 1. The van der Waals surface area contributed by atoms with Crippen molar-refractivity contribution in [2.45, 2.75) is 18.9 Å². The zero-order chi connectivity index (χ0) is 11.4. The van der Waals surface area contributed by atoms with Gasteiger partial charge in [-0.1, -0.05) is 0 Å². The van der Waals surface area contributed by atoms with Gasteiger partial charge >= 0.3 is 0 Å². The molecule has 0 bridgehead atoms. The van der Waals surface area contributed by atoms with E-state index in [1.807, 2.05) is 0 Å². The Bertz CT molecular complexity index is 331. The Morgan fingerprint density at radius 3 is 2.62 bits per heavy atom. The third-order valence-corrected chi connectivity index (χ3v) is 2.70. The minimum Gasteiger partial charge on any atom is -0.379 e. The van der Waals surface area contributed by atoms with E-state index in [0.717, 1.165) is 25.6 Å². The highest BCUT2D eigenvalue weighted by molar-refractivity contribution is 5.18. The van der Waals surface area contributed by atoms with E-state index in [2.05, 4.69) is 5.32 Å². The summed E-state index contributed by atoms with van der Waals surface area (Å²) < 4.78 is 31.1. The fourth-order valence-electron chi connectivity index (χ4n) is 1.90. The van der Waals surface area contributed by atoms with Gasteiger partial charge in [0.1, 0.15) is 11.6 Å². The lowest BCUT2D eigenvalue weighted by atomic mass is 10.0. The van der Waals surface area contributed by atoms with Crippen LogP contribution in [0.1, 0.15) is 12.0 Å².